The Morgan fingerprint density at radius 1 is 1.24 bits per heavy atom. The molecule has 25 heavy (non-hydrogen) atoms. The van der Waals surface area contributed by atoms with Crippen molar-refractivity contribution in [3.63, 3.8) is 0 Å². The van der Waals surface area contributed by atoms with Crippen molar-refractivity contribution < 1.29 is 23.9 Å². The van der Waals surface area contributed by atoms with Gasteiger partial charge in [-0.3, -0.25) is 9.59 Å². The van der Waals surface area contributed by atoms with Crippen molar-refractivity contribution in [1.29, 1.82) is 5.26 Å². The van der Waals surface area contributed by atoms with Gasteiger partial charge in [0.1, 0.15) is 17.9 Å². The number of hydrogen-bond donors (Lipinski definition) is 3. The molecule has 0 heterocycles. The van der Waals surface area contributed by atoms with E-state index in [1.165, 1.54) is 38.1 Å². The van der Waals surface area contributed by atoms with Gasteiger partial charge in [-0.1, -0.05) is 19.1 Å². The number of aliphatic carboxylic acids is 1. The predicted octanol–water partition coefficient (Wildman–Crippen LogP) is 0.992. The van der Waals surface area contributed by atoms with Crippen molar-refractivity contribution in [2.45, 2.75) is 38.8 Å². The number of benzene rings is 1. The molecule has 1 aromatic carbocycles. The van der Waals surface area contributed by atoms with Crippen LogP contribution in [-0.4, -0.2) is 35.0 Å². The molecule has 0 aliphatic carbocycles. The molecule has 7 nitrogen and oxygen atoms in total. The van der Waals surface area contributed by atoms with Crippen molar-refractivity contribution >= 4 is 17.8 Å². The van der Waals surface area contributed by atoms with E-state index in [-0.39, 0.29) is 12.8 Å². The minimum atomic E-state index is -1.26. The van der Waals surface area contributed by atoms with Crippen LogP contribution < -0.4 is 10.6 Å². The van der Waals surface area contributed by atoms with Crippen molar-refractivity contribution in [2.75, 3.05) is 0 Å². The molecular formula is C17H20FN3O4. The fourth-order valence-electron chi connectivity index (χ4n) is 2.27. The van der Waals surface area contributed by atoms with Gasteiger partial charge >= 0.3 is 5.97 Å². The topological polar surface area (TPSA) is 119 Å². The van der Waals surface area contributed by atoms with Crippen LogP contribution in [0.25, 0.3) is 0 Å². The Kier molecular flexibility index (Phi) is 7.53. The van der Waals surface area contributed by atoms with E-state index in [4.69, 9.17) is 5.26 Å². The second-order valence-corrected chi connectivity index (χ2v) is 5.75. The number of hydrogen-bond acceptors (Lipinski definition) is 4. The van der Waals surface area contributed by atoms with Crippen LogP contribution in [0.4, 0.5) is 4.39 Å². The van der Waals surface area contributed by atoms with Crippen molar-refractivity contribution in [3.8, 4) is 6.07 Å². The van der Waals surface area contributed by atoms with E-state index >= 15 is 0 Å². The minimum Gasteiger partial charge on any atom is -0.480 e. The highest BCUT2D eigenvalue weighted by Crippen LogP contribution is 2.10. The maximum absolute atomic E-state index is 13.0. The predicted molar refractivity (Wildman–Crippen MR) is 86.7 cm³/mol. The Morgan fingerprint density at radius 2 is 1.84 bits per heavy atom. The zero-order valence-corrected chi connectivity index (χ0v) is 14.0. The number of carboxylic acids is 1. The Hall–Kier alpha value is -2.95. The Balaban J connectivity index is 2.91. The van der Waals surface area contributed by atoms with Crippen LogP contribution in [0.5, 0.6) is 0 Å². The zero-order chi connectivity index (χ0) is 19.0. The maximum Gasteiger partial charge on any atom is 0.326 e. The Morgan fingerprint density at radius 3 is 2.32 bits per heavy atom. The van der Waals surface area contributed by atoms with Crippen LogP contribution in [-0.2, 0) is 20.8 Å². The van der Waals surface area contributed by atoms with Gasteiger partial charge in [-0.15, -0.1) is 0 Å². The summed E-state index contributed by atoms with van der Waals surface area (Å²) in [6.07, 6.45) is 0.0324. The van der Waals surface area contributed by atoms with E-state index in [0.717, 1.165) is 0 Å². The average Bonchev–Trinajstić information content (AvgIpc) is 2.53. The number of amides is 2. The highest BCUT2D eigenvalue weighted by atomic mass is 19.1. The van der Waals surface area contributed by atoms with Gasteiger partial charge < -0.3 is 15.7 Å². The van der Waals surface area contributed by atoms with Crippen molar-refractivity contribution in [1.82, 2.24) is 10.6 Å². The van der Waals surface area contributed by atoms with Crippen LogP contribution >= 0.6 is 0 Å². The molecular weight excluding hydrogens is 329 g/mol. The molecule has 2 amide bonds. The van der Waals surface area contributed by atoms with Gasteiger partial charge in [0.25, 0.3) is 0 Å². The average molecular weight is 349 g/mol. The van der Waals surface area contributed by atoms with Crippen molar-refractivity contribution in [3.05, 3.63) is 35.6 Å². The lowest BCUT2D eigenvalue weighted by Gasteiger charge is -2.23. The fourth-order valence-corrected chi connectivity index (χ4v) is 2.27. The summed E-state index contributed by atoms with van der Waals surface area (Å²) in [5.41, 5.74) is 0.604. The number of nitriles is 1. The molecule has 0 radical (unpaired) electrons. The van der Waals surface area contributed by atoms with Gasteiger partial charge in [0.2, 0.25) is 11.8 Å². The summed E-state index contributed by atoms with van der Waals surface area (Å²) in [7, 11) is 0. The lowest BCUT2D eigenvalue weighted by atomic mass is 9.98. The molecule has 0 bridgehead atoms. The van der Waals surface area contributed by atoms with Crippen LogP contribution in [0.3, 0.4) is 0 Å². The maximum atomic E-state index is 13.0. The molecule has 1 aromatic rings. The molecule has 3 atom stereocenters. The van der Waals surface area contributed by atoms with Gasteiger partial charge in [0, 0.05) is 25.7 Å². The standard InChI is InChI=1S/C17H20FN3O4/c1-10(7-8-19)15(17(24)25)21-16(23)14(20-11(2)22)9-12-3-5-13(18)6-4-12/h3-6,10,14-15H,7,9H2,1-2H3,(H,20,22)(H,21,23)(H,24,25)/t10-,14-,15-/m0/s1. The smallest absolute Gasteiger partial charge is 0.326 e. The Labute approximate surface area is 144 Å². The second kappa shape index (κ2) is 9.37. The summed E-state index contributed by atoms with van der Waals surface area (Å²) in [6, 6.07) is 5.01. The number of halogens is 1. The van der Waals surface area contributed by atoms with Crippen LogP contribution in [0.15, 0.2) is 24.3 Å². The molecule has 0 aliphatic heterocycles. The molecule has 0 spiro atoms. The molecule has 3 N–H and O–H groups in total. The lowest BCUT2D eigenvalue weighted by Crippen LogP contribution is -2.53. The van der Waals surface area contributed by atoms with Crippen LogP contribution in [0, 0.1) is 23.1 Å². The van der Waals surface area contributed by atoms with Crippen LogP contribution in [0.2, 0.25) is 0 Å². The normalized spacial score (nSPS) is 13.8. The minimum absolute atomic E-state index is 0.0417. The van der Waals surface area contributed by atoms with E-state index in [2.05, 4.69) is 10.6 Å². The third kappa shape index (κ3) is 6.59. The first-order chi connectivity index (χ1) is 11.7. The monoisotopic (exact) mass is 349 g/mol. The molecule has 0 aliphatic rings. The number of carbonyl (C=O) groups excluding carboxylic acids is 2. The Bertz CT molecular complexity index is 669. The molecule has 0 fully saturated rings. The highest BCUT2D eigenvalue weighted by molar-refractivity contribution is 5.90. The summed E-state index contributed by atoms with van der Waals surface area (Å²) < 4.78 is 13.0. The van der Waals surface area contributed by atoms with E-state index in [9.17, 15) is 23.9 Å². The van der Waals surface area contributed by atoms with Crippen molar-refractivity contribution in [2.24, 2.45) is 5.92 Å². The summed E-state index contributed by atoms with van der Waals surface area (Å²) in [6.45, 7) is 2.77. The molecule has 0 aromatic heterocycles. The highest BCUT2D eigenvalue weighted by Gasteiger charge is 2.30. The number of rotatable bonds is 8. The molecule has 8 heteroatoms. The first kappa shape index (κ1) is 20.1. The first-order valence-electron chi connectivity index (χ1n) is 7.66. The van der Waals surface area contributed by atoms with Gasteiger partial charge in [-0.05, 0) is 17.7 Å². The zero-order valence-electron chi connectivity index (χ0n) is 14.0. The third-order valence-corrected chi connectivity index (χ3v) is 3.59. The first-order valence-corrected chi connectivity index (χ1v) is 7.66. The summed E-state index contributed by atoms with van der Waals surface area (Å²) in [5, 5.41) is 22.8. The molecule has 0 saturated heterocycles. The SMILES string of the molecule is CC(=O)N[C@@H](Cc1ccc(F)cc1)C(=O)N[C@H](C(=O)O)[C@@H](C)CC#N. The van der Waals surface area contributed by atoms with E-state index in [1.54, 1.807) is 0 Å². The van der Waals surface area contributed by atoms with Gasteiger partial charge in [0.05, 0.1) is 6.07 Å². The summed E-state index contributed by atoms with van der Waals surface area (Å²) >= 11 is 0. The number of nitrogens with zero attached hydrogens (tertiary/aromatic N) is 1. The van der Waals surface area contributed by atoms with E-state index in [0.29, 0.717) is 5.56 Å². The summed E-state index contributed by atoms with van der Waals surface area (Å²) in [5.74, 6) is -3.44. The van der Waals surface area contributed by atoms with Crippen LogP contribution in [0.1, 0.15) is 25.8 Å². The lowest BCUT2D eigenvalue weighted by molar-refractivity contribution is -0.143. The largest absolute Gasteiger partial charge is 0.480 e. The number of carbonyl (C=O) groups is 3. The van der Waals surface area contributed by atoms with Gasteiger partial charge in [-0.2, -0.15) is 5.26 Å². The van der Waals surface area contributed by atoms with E-state index < -0.39 is 41.6 Å². The number of nitrogens with one attached hydrogen (secondary N) is 2. The fraction of sp³-hybridized carbons (Fsp3) is 0.412. The molecule has 134 valence electrons. The van der Waals surface area contributed by atoms with Gasteiger partial charge in [-0.25, -0.2) is 9.18 Å². The second-order valence-electron chi connectivity index (χ2n) is 5.75. The van der Waals surface area contributed by atoms with E-state index in [1.807, 2.05) is 6.07 Å². The third-order valence-electron chi connectivity index (χ3n) is 3.59. The quantitative estimate of drug-likeness (QED) is 0.647. The molecule has 1 rings (SSSR count). The molecule has 0 saturated carbocycles. The number of carboxylic acid groups (broad SMARTS) is 1. The van der Waals surface area contributed by atoms with Gasteiger partial charge in [0.15, 0.2) is 0 Å². The summed E-state index contributed by atoms with van der Waals surface area (Å²) in [4.78, 5) is 35.1. The molecule has 0 unspecified atom stereocenters.